The summed E-state index contributed by atoms with van der Waals surface area (Å²) < 4.78 is 16.0. The first-order valence-electron chi connectivity index (χ1n) is 7.70. The summed E-state index contributed by atoms with van der Waals surface area (Å²) in [5.74, 6) is 0.0646. The van der Waals surface area contributed by atoms with Crippen LogP contribution in [-0.2, 0) is 7.05 Å². The minimum absolute atomic E-state index is 0.311. The number of hydrogen-bond acceptors (Lipinski definition) is 2. The first-order valence-corrected chi connectivity index (χ1v) is 8.45. The Labute approximate surface area is 159 Å². The average molecular weight is 393 g/mol. The van der Waals surface area contributed by atoms with E-state index in [4.69, 9.17) is 23.2 Å². The summed E-state index contributed by atoms with van der Waals surface area (Å²) >= 11 is 11.8. The Bertz CT molecular complexity index is 944. The van der Waals surface area contributed by atoms with Crippen molar-refractivity contribution in [3.8, 4) is 0 Å². The van der Waals surface area contributed by atoms with Crippen molar-refractivity contribution < 1.29 is 9.18 Å². The maximum Gasteiger partial charge on any atom is 0.320 e. The van der Waals surface area contributed by atoms with Gasteiger partial charge in [-0.1, -0.05) is 41.4 Å². The van der Waals surface area contributed by atoms with Gasteiger partial charge in [0.15, 0.2) is 0 Å². The third-order valence-electron chi connectivity index (χ3n) is 3.79. The second kappa shape index (κ2) is 7.76. The van der Waals surface area contributed by atoms with E-state index in [1.165, 1.54) is 12.1 Å². The summed E-state index contributed by atoms with van der Waals surface area (Å²) in [6.45, 7) is 0. The smallest absolute Gasteiger partial charge is 0.320 e. The van der Waals surface area contributed by atoms with Crippen LogP contribution in [0.15, 0.2) is 54.9 Å². The van der Waals surface area contributed by atoms with Crippen molar-refractivity contribution in [1.82, 2.24) is 14.9 Å². The van der Waals surface area contributed by atoms with Gasteiger partial charge in [-0.3, -0.25) is 0 Å². The van der Waals surface area contributed by atoms with Crippen LogP contribution in [0.2, 0.25) is 10.0 Å². The van der Waals surface area contributed by atoms with Gasteiger partial charge in [-0.05, 0) is 24.3 Å². The summed E-state index contributed by atoms with van der Waals surface area (Å²) in [6, 6.07) is 9.66. The Morgan fingerprint density at radius 1 is 1.19 bits per heavy atom. The van der Waals surface area contributed by atoms with Crippen LogP contribution >= 0.6 is 23.2 Å². The molecular formula is C18H15Cl2FN4O. The molecule has 0 spiro atoms. The van der Waals surface area contributed by atoms with Gasteiger partial charge in [-0.25, -0.2) is 14.2 Å². The normalized spacial score (nSPS) is 11.8. The van der Waals surface area contributed by atoms with Gasteiger partial charge < -0.3 is 15.2 Å². The van der Waals surface area contributed by atoms with Crippen LogP contribution in [0.4, 0.5) is 14.9 Å². The predicted octanol–water partition coefficient (Wildman–Crippen LogP) is 4.78. The Morgan fingerprint density at radius 3 is 2.62 bits per heavy atom. The van der Waals surface area contributed by atoms with Gasteiger partial charge in [0.2, 0.25) is 0 Å². The molecule has 1 unspecified atom stereocenters. The zero-order chi connectivity index (χ0) is 18.7. The quantitative estimate of drug-likeness (QED) is 0.671. The van der Waals surface area contributed by atoms with Crippen molar-refractivity contribution in [3.05, 3.63) is 82.1 Å². The Hall–Kier alpha value is -2.57. The monoisotopic (exact) mass is 392 g/mol. The SMILES string of the molecule is Cn1ccnc1C(NC(=O)Nc1ccc(Cl)c(Cl)c1)c1ccccc1F. The topological polar surface area (TPSA) is 59.0 Å². The minimum atomic E-state index is -0.765. The molecule has 0 saturated carbocycles. The number of aromatic nitrogens is 2. The molecular weight excluding hydrogens is 378 g/mol. The van der Waals surface area contributed by atoms with Gasteiger partial charge in [0.05, 0.1) is 10.0 Å². The van der Waals surface area contributed by atoms with Gasteiger partial charge >= 0.3 is 6.03 Å². The number of anilines is 1. The Kier molecular flexibility index (Phi) is 5.44. The molecule has 1 heterocycles. The molecule has 3 aromatic rings. The molecule has 0 radical (unpaired) electrons. The number of aryl methyl sites for hydroxylation is 1. The summed E-state index contributed by atoms with van der Waals surface area (Å²) in [4.78, 5) is 16.7. The van der Waals surface area contributed by atoms with Crippen LogP contribution in [0.5, 0.6) is 0 Å². The van der Waals surface area contributed by atoms with Crippen molar-refractivity contribution in [1.29, 1.82) is 0 Å². The fourth-order valence-electron chi connectivity index (χ4n) is 2.52. The van der Waals surface area contributed by atoms with E-state index in [1.807, 2.05) is 0 Å². The molecule has 0 aliphatic carbocycles. The van der Waals surface area contributed by atoms with E-state index in [0.717, 1.165) is 0 Å². The first-order chi connectivity index (χ1) is 12.5. The highest BCUT2D eigenvalue weighted by Gasteiger charge is 2.23. The Balaban J connectivity index is 1.86. The molecule has 134 valence electrons. The molecule has 8 heteroatoms. The van der Waals surface area contributed by atoms with Crippen LogP contribution in [0.3, 0.4) is 0 Å². The first kappa shape index (κ1) is 18.2. The standard InChI is InChI=1S/C18H15Cl2FN4O/c1-25-9-8-22-17(25)16(12-4-2-3-5-15(12)21)24-18(26)23-11-6-7-13(19)14(20)10-11/h2-10,16H,1H3,(H2,23,24,26). The maximum absolute atomic E-state index is 14.3. The number of nitrogens with zero attached hydrogens (tertiary/aromatic N) is 2. The molecule has 0 fully saturated rings. The molecule has 1 aromatic heterocycles. The number of benzene rings is 2. The number of carbonyl (C=O) groups excluding carboxylic acids is 1. The lowest BCUT2D eigenvalue weighted by molar-refractivity contribution is 0.249. The van der Waals surface area contributed by atoms with Crippen LogP contribution < -0.4 is 10.6 Å². The summed E-state index contributed by atoms with van der Waals surface area (Å²) in [5, 5.41) is 6.11. The fraction of sp³-hybridized carbons (Fsp3) is 0.111. The zero-order valence-corrected chi connectivity index (χ0v) is 15.2. The van der Waals surface area contributed by atoms with E-state index < -0.39 is 17.9 Å². The van der Waals surface area contributed by atoms with Crippen LogP contribution in [-0.4, -0.2) is 15.6 Å². The van der Waals surface area contributed by atoms with Crippen molar-refractivity contribution in [3.63, 3.8) is 0 Å². The fourth-order valence-corrected chi connectivity index (χ4v) is 2.82. The molecule has 0 aliphatic heterocycles. The van der Waals surface area contributed by atoms with Crippen LogP contribution in [0.1, 0.15) is 17.4 Å². The Morgan fingerprint density at radius 2 is 1.96 bits per heavy atom. The molecule has 5 nitrogen and oxygen atoms in total. The van der Waals surface area contributed by atoms with E-state index in [-0.39, 0.29) is 0 Å². The molecule has 2 aromatic carbocycles. The van der Waals surface area contributed by atoms with Gasteiger partial charge in [0.1, 0.15) is 17.7 Å². The number of imidazole rings is 1. The minimum Gasteiger partial charge on any atom is -0.336 e. The van der Waals surface area contributed by atoms with Crippen LogP contribution in [0.25, 0.3) is 0 Å². The lowest BCUT2D eigenvalue weighted by Gasteiger charge is -2.20. The highest BCUT2D eigenvalue weighted by Crippen LogP contribution is 2.26. The van der Waals surface area contributed by atoms with E-state index in [0.29, 0.717) is 27.1 Å². The van der Waals surface area contributed by atoms with Crippen LogP contribution in [0, 0.1) is 5.82 Å². The van der Waals surface area contributed by atoms with Crippen molar-refractivity contribution in [2.75, 3.05) is 5.32 Å². The van der Waals surface area contributed by atoms with Crippen molar-refractivity contribution in [2.24, 2.45) is 7.05 Å². The van der Waals surface area contributed by atoms with E-state index >= 15 is 0 Å². The summed E-state index contributed by atoms with van der Waals surface area (Å²) in [5.41, 5.74) is 0.773. The van der Waals surface area contributed by atoms with Gasteiger partial charge in [0, 0.05) is 30.7 Å². The van der Waals surface area contributed by atoms with E-state index in [2.05, 4.69) is 15.6 Å². The highest BCUT2D eigenvalue weighted by molar-refractivity contribution is 6.42. The second-order valence-electron chi connectivity index (χ2n) is 5.58. The molecule has 0 bridgehead atoms. The number of carbonyl (C=O) groups is 1. The molecule has 1 atom stereocenters. The van der Waals surface area contributed by atoms with Gasteiger partial charge in [0.25, 0.3) is 0 Å². The summed E-state index contributed by atoms with van der Waals surface area (Å²) in [6.07, 6.45) is 3.31. The van der Waals surface area contributed by atoms with E-state index in [1.54, 1.807) is 54.3 Å². The lowest BCUT2D eigenvalue weighted by atomic mass is 10.1. The third kappa shape index (κ3) is 3.98. The molecule has 2 N–H and O–H groups in total. The van der Waals surface area contributed by atoms with Crippen molar-refractivity contribution >= 4 is 34.9 Å². The second-order valence-corrected chi connectivity index (χ2v) is 6.39. The zero-order valence-electron chi connectivity index (χ0n) is 13.7. The van der Waals surface area contributed by atoms with Gasteiger partial charge in [-0.2, -0.15) is 0 Å². The molecule has 0 saturated heterocycles. The largest absolute Gasteiger partial charge is 0.336 e. The number of nitrogens with one attached hydrogen (secondary N) is 2. The number of urea groups is 1. The van der Waals surface area contributed by atoms with Gasteiger partial charge in [-0.15, -0.1) is 0 Å². The third-order valence-corrected chi connectivity index (χ3v) is 4.52. The molecule has 2 amide bonds. The lowest BCUT2D eigenvalue weighted by Crippen LogP contribution is -2.35. The molecule has 3 rings (SSSR count). The van der Waals surface area contributed by atoms with E-state index in [9.17, 15) is 9.18 Å². The van der Waals surface area contributed by atoms with Crippen molar-refractivity contribution in [2.45, 2.75) is 6.04 Å². The summed E-state index contributed by atoms with van der Waals surface area (Å²) in [7, 11) is 1.77. The number of amides is 2. The molecule has 0 aliphatic rings. The number of hydrogen-bond donors (Lipinski definition) is 2. The number of halogens is 3. The maximum atomic E-state index is 14.3. The highest BCUT2D eigenvalue weighted by atomic mass is 35.5. The number of rotatable bonds is 4. The average Bonchev–Trinajstić information content (AvgIpc) is 3.03. The predicted molar refractivity (Wildman–Crippen MR) is 100 cm³/mol. The molecule has 26 heavy (non-hydrogen) atoms.